The second-order valence-electron chi connectivity index (χ2n) is 17.5. The van der Waals surface area contributed by atoms with Gasteiger partial charge < -0.3 is 13.9 Å². The monoisotopic (exact) mass is 992 g/mol. The zero-order chi connectivity index (χ0) is 45.2. The Balaban J connectivity index is 0.00000492. The minimum Gasteiger partial charge on any atom is -0.456 e. The molecule has 0 unspecified atom stereocenters. The largest absolute Gasteiger partial charge is 2.00 e. The van der Waals surface area contributed by atoms with E-state index in [0.29, 0.717) is 0 Å². The molecule has 5 nitrogen and oxygen atoms in total. The Kier molecular flexibility index (Phi) is 10.5. The number of aryl methyl sites for hydroxylation is 1. The molecular formula is C62H42N4OPdSi. The predicted octanol–water partition coefficient (Wildman–Crippen LogP) is 11.2. The Morgan fingerprint density at radius 2 is 1.13 bits per heavy atom. The number of ether oxygens (including phenoxy) is 1. The van der Waals surface area contributed by atoms with E-state index in [-0.39, 0.29) is 20.4 Å². The number of para-hydroxylation sites is 3. The third kappa shape index (κ3) is 6.39. The van der Waals surface area contributed by atoms with E-state index in [9.17, 15) is 0 Å². The maximum absolute atomic E-state index is 7.22. The third-order valence-corrected chi connectivity index (χ3v) is 18.6. The van der Waals surface area contributed by atoms with Crippen molar-refractivity contribution >= 4 is 61.8 Å². The summed E-state index contributed by atoms with van der Waals surface area (Å²) in [5.41, 5.74) is 9.57. The molecule has 1 aliphatic heterocycles. The Labute approximate surface area is 415 Å². The van der Waals surface area contributed by atoms with Gasteiger partial charge >= 0.3 is 20.4 Å². The summed E-state index contributed by atoms with van der Waals surface area (Å²) in [7, 11) is -1.07. The van der Waals surface area contributed by atoms with Gasteiger partial charge in [-0.05, 0) is 57.9 Å². The van der Waals surface area contributed by atoms with Gasteiger partial charge in [0.05, 0.1) is 33.2 Å². The molecule has 0 saturated carbocycles. The fraction of sp³-hybridized carbons (Fsp3) is 0.0323. The second kappa shape index (κ2) is 17.0. The van der Waals surface area contributed by atoms with Gasteiger partial charge in [-0.25, -0.2) is 4.98 Å². The molecule has 12 aromatic rings. The predicted molar refractivity (Wildman–Crippen MR) is 278 cm³/mol. The van der Waals surface area contributed by atoms with Gasteiger partial charge in [-0.15, -0.1) is 41.1 Å². The van der Waals surface area contributed by atoms with E-state index in [1.807, 2.05) is 18.3 Å². The van der Waals surface area contributed by atoms with Crippen molar-refractivity contribution < 1.29 is 25.2 Å². The first-order valence-electron chi connectivity index (χ1n) is 23.1. The van der Waals surface area contributed by atoms with Crippen LogP contribution >= 0.6 is 0 Å². The molecular weight excluding hydrogens is 951 g/mol. The van der Waals surface area contributed by atoms with Crippen molar-refractivity contribution in [2.24, 2.45) is 7.05 Å². The van der Waals surface area contributed by atoms with Crippen LogP contribution in [0.2, 0.25) is 0 Å². The van der Waals surface area contributed by atoms with Crippen molar-refractivity contribution in [2.75, 3.05) is 0 Å². The van der Waals surface area contributed by atoms with Gasteiger partial charge in [0.15, 0.2) is 0 Å². The molecule has 330 valence electrons. The first kappa shape index (κ1) is 42.4. The van der Waals surface area contributed by atoms with Crippen molar-refractivity contribution in [1.82, 2.24) is 19.1 Å². The SMILES string of the molecule is Cn1c(-c2[c-]c([Si](c3[c-]c(-n4c5ccc6c(c5c5cccnc54)Oc4ccccc4C6(c4ccccc4)c4ccccc4)ccc3)(c3ccccc3)c3ccccc3)ccc2)nc2ccccc21.[Pd+2]. The van der Waals surface area contributed by atoms with Gasteiger partial charge in [0.2, 0.25) is 0 Å². The quantitative estimate of drug-likeness (QED) is 0.0866. The van der Waals surface area contributed by atoms with E-state index in [1.54, 1.807) is 0 Å². The molecule has 7 heteroatoms. The molecule has 9 aromatic carbocycles. The first-order chi connectivity index (χ1) is 33.7. The molecule has 0 saturated heterocycles. The molecule has 3 aromatic heterocycles. The van der Waals surface area contributed by atoms with Crippen LogP contribution in [-0.2, 0) is 32.9 Å². The Morgan fingerprint density at radius 3 is 1.83 bits per heavy atom. The summed E-state index contributed by atoms with van der Waals surface area (Å²) in [6.07, 6.45) is 1.89. The molecule has 13 rings (SSSR count). The van der Waals surface area contributed by atoms with Gasteiger partial charge in [0.1, 0.15) is 25.2 Å². The van der Waals surface area contributed by atoms with Gasteiger partial charge in [-0.3, -0.25) is 4.98 Å². The number of hydrogen-bond donors (Lipinski definition) is 0. The summed E-state index contributed by atoms with van der Waals surface area (Å²) >= 11 is 0. The van der Waals surface area contributed by atoms with E-state index in [4.69, 9.17) is 14.7 Å². The summed E-state index contributed by atoms with van der Waals surface area (Å²) < 4.78 is 11.7. The number of nitrogens with zero attached hydrogens (tertiary/aromatic N) is 4. The normalized spacial score (nSPS) is 12.8. The molecule has 1 aliphatic rings. The fourth-order valence-electron chi connectivity index (χ4n) is 11.2. The molecule has 0 amide bonds. The van der Waals surface area contributed by atoms with Crippen LogP contribution in [-0.4, -0.2) is 27.2 Å². The van der Waals surface area contributed by atoms with Crippen molar-refractivity contribution in [3.63, 3.8) is 0 Å². The van der Waals surface area contributed by atoms with Crippen LogP contribution in [0.25, 0.3) is 50.0 Å². The number of imidazole rings is 1. The van der Waals surface area contributed by atoms with Crippen molar-refractivity contribution in [3.05, 3.63) is 271 Å². The first-order valence-corrected chi connectivity index (χ1v) is 25.1. The zero-order valence-electron chi connectivity index (χ0n) is 37.5. The summed E-state index contributed by atoms with van der Waals surface area (Å²) in [5.74, 6) is 2.53. The Morgan fingerprint density at radius 1 is 0.522 bits per heavy atom. The van der Waals surface area contributed by atoms with Crippen LogP contribution < -0.4 is 25.5 Å². The average molecular weight is 994 g/mol. The van der Waals surface area contributed by atoms with Crippen LogP contribution in [0.15, 0.2) is 237 Å². The maximum atomic E-state index is 7.22. The topological polar surface area (TPSA) is 44.9 Å². The van der Waals surface area contributed by atoms with Crippen molar-refractivity contribution in [2.45, 2.75) is 5.41 Å². The third-order valence-electron chi connectivity index (χ3n) is 14.0. The van der Waals surface area contributed by atoms with E-state index >= 15 is 0 Å². The van der Waals surface area contributed by atoms with Crippen LogP contribution in [0.1, 0.15) is 22.3 Å². The van der Waals surface area contributed by atoms with Gasteiger partial charge in [0.25, 0.3) is 0 Å². The van der Waals surface area contributed by atoms with Crippen LogP contribution in [0.4, 0.5) is 0 Å². The minimum atomic E-state index is -3.16. The molecule has 0 fully saturated rings. The van der Waals surface area contributed by atoms with Gasteiger partial charge in [-0.2, -0.15) is 23.4 Å². The molecule has 0 atom stereocenters. The molecule has 0 radical (unpaired) electrons. The van der Waals surface area contributed by atoms with Crippen molar-refractivity contribution in [3.8, 4) is 28.6 Å². The van der Waals surface area contributed by atoms with Crippen molar-refractivity contribution in [1.29, 1.82) is 0 Å². The standard InChI is InChI=1S/C62H42N4OSi.Pd/c1-65-55-36-16-15-35-54(55)64-60(65)43-21-18-31-49(41-43)68(47-27-10-4-11-28-47,48-29-12-5-13-30-48)50-32-19-26-46(42-50)66-56-39-38-53-59(58(56)51-33-20-40-63-61(51)66)67-57-37-17-14-34-52(57)62(53,44-22-6-2-7-23-44)45-24-8-3-9-25-45;/h2-40H,1H3;/q-2;+2. The van der Waals surface area contributed by atoms with Crippen LogP contribution in [0.5, 0.6) is 11.5 Å². The number of benzene rings is 9. The van der Waals surface area contributed by atoms with Gasteiger partial charge in [-0.1, -0.05) is 163 Å². The van der Waals surface area contributed by atoms with E-state index in [1.165, 1.54) is 21.5 Å². The zero-order valence-corrected chi connectivity index (χ0v) is 40.1. The number of pyridine rings is 1. The maximum Gasteiger partial charge on any atom is 2.00 e. The second-order valence-corrected chi connectivity index (χ2v) is 21.3. The van der Waals surface area contributed by atoms with Crippen LogP contribution in [0.3, 0.4) is 0 Å². The molecule has 0 N–H and O–H groups in total. The molecule has 0 spiro atoms. The number of hydrogen-bond acceptors (Lipinski definition) is 3. The molecule has 69 heavy (non-hydrogen) atoms. The Hall–Kier alpha value is -7.92. The molecule has 0 bridgehead atoms. The number of rotatable bonds is 8. The summed E-state index contributed by atoms with van der Waals surface area (Å²) in [4.78, 5) is 10.3. The number of aromatic nitrogens is 4. The van der Waals surface area contributed by atoms with E-state index < -0.39 is 13.5 Å². The summed E-state index contributed by atoms with van der Waals surface area (Å²) in [6.45, 7) is 0. The minimum absolute atomic E-state index is 0. The summed E-state index contributed by atoms with van der Waals surface area (Å²) in [5, 5.41) is 6.70. The van der Waals surface area contributed by atoms with E-state index in [2.05, 4.69) is 247 Å². The average Bonchev–Trinajstić information content (AvgIpc) is 3.94. The Bertz CT molecular complexity index is 3770. The molecule has 4 heterocycles. The fourth-order valence-corrected chi connectivity index (χ4v) is 15.7. The number of fused-ring (bicyclic) bond motifs is 7. The van der Waals surface area contributed by atoms with Gasteiger partial charge in [0, 0.05) is 29.8 Å². The smallest absolute Gasteiger partial charge is 0.456 e. The van der Waals surface area contributed by atoms with Crippen LogP contribution in [0, 0.1) is 12.1 Å². The van der Waals surface area contributed by atoms with E-state index in [0.717, 1.165) is 83.0 Å². The molecule has 0 aliphatic carbocycles. The summed E-state index contributed by atoms with van der Waals surface area (Å²) in [6, 6.07) is 90.5.